The molecule has 113 heavy (non-hydrogen) atoms. The standard InChI is InChI=1S/2C23H27ClFN3O.C23H28FN3O.C22H28FN3O/c24-18-3-1-17(2-4-18)15-28(21-9-10-21)22-11-13-27(14-12-22)16-23(29)26-20-7-5-19(25)6-8-20;24-18-3-1-2-17(14-18)15-28(21-8-9-21)22-10-12-27(13-11-22)16-23(29)26-20-6-4-19(25)5-7-20;24-19-6-8-20(9-7-19)25-23(28)17-26-14-12-22(13-15-26)27(21-10-11-21)16-18-4-2-1-3-5-18;1-17-4-3-5-18(14-17)15-25(2)21-10-12-26(13-11-21)16-22(27)24-20-8-6-19(23)7-9-20/h1-8,21-22H,9-16H2,(H,26,29);1-7,14,21-22H,8-13,15-16H2,(H,26,29);1-9,21-22H,10-17H2,(H,25,28);3-9,14,21H,10-13,15-16H2,1-2H3,(H,24,27). The van der Waals surface area contributed by atoms with Gasteiger partial charge in [0.05, 0.1) is 26.2 Å². The zero-order valence-electron chi connectivity index (χ0n) is 65.3. The summed E-state index contributed by atoms with van der Waals surface area (Å²) in [6.45, 7) is 15.0. The van der Waals surface area contributed by atoms with Gasteiger partial charge in [-0.2, -0.15) is 0 Å². The van der Waals surface area contributed by atoms with Crippen molar-refractivity contribution in [1.82, 2.24) is 39.2 Å². The Balaban J connectivity index is 0.000000140. The normalized spacial score (nSPS) is 17.7. The number of likely N-dealkylation sites (tertiary alicyclic amines) is 4. The molecule has 16 nitrogen and oxygen atoms in total. The van der Waals surface area contributed by atoms with Crippen LogP contribution in [-0.4, -0.2) is 191 Å². The first-order valence-electron chi connectivity index (χ1n) is 40.5. The van der Waals surface area contributed by atoms with Gasteiger partial charge in [0.1, 0.15) is 23.3 Å². The number of hydrogen-bond acceptors (Lipinski definition) is 12. The second-order valence-corrected chi connectivity index (χ2v) is 32.5. The minimum Gasteiger partial charge on any atom is -0.325 e. The van der Waals surface area contributed by atoms with Gasteiger partial charge in [0.15, 0.2) is 0 Å². The summed E-state index contributed by atoms with van der Waals surface area (Å²) in [6.07, 6.45) is 16.4. The van der Waals surface area contributed by atoms with E-state index in [1.54, 1.807) is 48.5 Å². The van der Waals surface area contributed by atoms with Gasteiger partial charge in [0, 0.05) is 154 Å². The molecule has 22 heteroatoms. The molecule has 0 spiro atoms. The van der Waals surface area contributed by atoms with Gasteiger partial charge in [0.25, 0.3) is 0 Å². The highest BCUT2D eigenvalue weighted by Crippen LogP contribution is 2.37. The molecule has 4 amide bonds. The Kier molecular flexibility index (Phi) is 31.5. The van der Waals surface area contributed by atoms with E-state index in [0.29, 0.717) is 85.2 Å². The van der Waals surface area contributed by atoms with E-state index in [2.05, 4.69) is 153 Å². The quantitative estimate of drug-likeness (QED) is 0.0364. The van der Waals surface area contributed by atoms with Crippen LogP contribution in [0.25, 0.3) is 0 Å². The maximum Gasteiger partial charge on any atom is 0.238 e. The number of anilines is 4. The Hall–Kier alpha value is -8.38. The third kappa shape index (κ3) is 28.3. The summed E-state index contributed by atoms with van der Waals surface area (Å²) < 4.78 is 51.9. The van der Waals surface area contributed by atoms with Crippen molar-refractivity contribution in [2.24, 2.45) is 0 Å². The van der Waals surface area contributed by atoms with E-state index in [-0.39, 0.29) is 46.9 Å². The van der Waals surface area contributed by atoms with Crippen molar-refractivity contribution >= 4 is 69.6 Å². The van der Waals surface area contributed by atoms with E-state index in [1.165, 1.54) is 115 Å². The Morgan fingerprint density at radius 3 is 0.920 bits per heavy atom. The van der Waals surface area contributed by atoms with Crippen molar-refractivity contribution in [2.75, 3.05) is 107 Å². The van der Waals surface area contributed by atoms with E-state index in [9.17, 15) is 36.7 Å². The number of amides is 4. The average Bonchev–Trinajstić information content (AvgIpc) is 1.69. The van der Waals surface area contributed by atoms with E-state index in [0.717, 1.165) is 146 Å². The van der Waals surface area contributed by atoms with Gasteiger partial charge < -0.3 is 21.3 Å². The van der Waals surface area contributed by atoms with Gasteiger partial charge in [-0.1, -0.05) is 108 Å². The fourth-order valence-electron chi connectivity index (χ4n) is 16.0. The molecule has 0 radical (unpaired) electrons. The number of aryl methyl sites for hydroxylation is 1. The molecular weight excluding hydrogens is 1470 g/mol. The maximum absolute atomic E-state index is 13.0. The predicted molar refractivity (Wildman–Crippen MR) is 446 cm³/mol. The van der Waals surface area contributed by atoms with Crippen LogP contribution in [0.4, 0.5) is 40.3 Å². The molecule has 8 aromatic rings. The van der Waals surface area contributed by atoms with Crippen LogP contribution >= 0.6 is 23.2 Å². The maximum atomic E-state index is 13.0. The van der Waals surface area contributed by atoms with Crippen molar-refractivity contribution in [1.29, 1.82) is 0 Å². The highest BCUT2D eigenvalue weighted by Gasteiger charge is 2.39. The van der Waals surface area contributed by atoms with Crippen molar-refractivity contribution in [3.63, 3.8) is 0 Å². The van der Waals surface area contributed by atoms with Crippen LogP contribution in [-0.2, 0) is 45.4 Å². The number of piperidine rings is 4. The van der Waals surface area contributed by atoms with Crippen molar-refractivity contribution in [3.8, 4) is 0 Å². The number of benzene rings is 8. The van der Waals surface area contributed by atoms with Crippen molar-refractivity contribution < 1.29 is 36.7 Å². The van der Waals surface area contributed by atoms with Crippen LogP contribution in [0.3, 0.4) is 0 Å². The van der Waals surface area contributed by atoms with Crippen molar-refractivity contribution in [2.45, 2.75) is 165 Å². The topological polar surface area (TPSA) is 142 Å². The summed E-state index contributed by atoms with van der Waals surface area (Å²) in [4.78, 5) is 68.3. The first-order valence-corrected chi connectivity index (χ1v) is 41.2. The van der Waals surface area contributed by atoms with Gasteiger partial charge in [0.2, 0.25) is 23.6 Å². The largest absolute Gasteiger partial charge is 0.325 e. The lowest BCUT2D eigenvalue weighted by Crippen LogP contribution is -2.47. The van der Waals surface area contributed by atoms with Crippen LogP contribution in [0, 0.1) is 30.2 Å². The molecule has 7 aliphatic rings. The Bertz CT molecular complexity index is 4270. The molecule has 8 aromatic carbocycles. The second kappa shape index (κ2) is 42.3. The van der Waals surface area contributed by atoms with E-state index >= 15 is 0 Å². The fraction of sp³-hybridized carbons (Fsp3) is 0.429. The number of nitrogens with zero attached hydrogens (tertiary/aromatic N) is 8. The summed E-state index contributed by atoms with van der Waals surface area (Å²) in [6, 6.07) is 63.6. The number of rotatable bonds is 27. The van der Waals surface area contributed by atoms with Crippen LogP contribution in [0.2, 0.25) is 10.0 Å². The van der Waals surface area contributed by atoms with E-state index in [4.69, 9.17) is 23.2 Å². The van der Waals surface area contributed by atoms with Gasteiger partial charge in [-0.05, 0) is 247 Å². The molecule has 3 aliphatic carbocycles. The zero-order chi connectivity index (χ0) is 79.0. The van der Waals surface area contributed by atoms with Gasteiger partial charge >= 0.3 is 0 Å². The third-order valence-electron chi connectivity index (χ3n) is 22.5. The van der Waals surface area contributed by atoms with Crippen LogP contribution in [0.15, 0.2) is 200 Å². The Labute approximate surface area is 675 Å². The average molecular weight is 1580 g/mol. The highest BCUT2D eigenvalue weighted by atomic mass is 35.5. The summed E-state index contributed by atoms with van der Waals surface area (Å²) in [5.74, 6) is -1.38. The molecule has 15 rings (SSSR count). The predicted octanol–water partition coefficient (Wildman–Crippen LogP) is 16.7. The summed E-state index contributed by atoms with van der Waals surface area (Å²) in [5, 5.41) is 12.9. The smallest absolute Gasteiger partial charge is 0.238 e. The zero-order valence-corrected chi connectivity index (χ0v) is 66.8. The van der Waals surface area contributed by atoms with Crippen LogP contribution in [0.5, 0.6) is 0 Å². The van der Waals surface area contributed by atoms with Crippen LogP contribution in [0.1, 0.15) is 118 Å². The molecule has 600 valence electrons. The molecule has 4 heterocycles. The minimum atomic E-state index is -0.303. The Morgan fingerprint density at radius 2 is 0.602 bits per heavy atom. The minimum absolute atomic E-state index is 0.0339. The second-order valence-electron chi connectivity index (χ2n) is 31.6. The molecule has 4 N–H and O–H groups in total. The highest BCUT2D eigenvalue weighted by molar-refractivity contribution is 6.30. The van der Waals surface area contributed by atoms with Crippen molar-refractivity contribution in [3.05, 3.63) is 261 Å². The van der Waals surface area contributed by atoms with Gasteiger partial charge in [-0.25, -0.2) is 17.6 Å². The monoisotopic (exact) mass is 1580 g/mol. The summed E-state index contributed by atoms with van der Waals surface area (Å²) in [7, 11) is 2.18. The SMILES string of the molecule is Cc1cccc(CN(C)C2CCN(CC(=O)Nc3ccc(F)cc3)CC2)c1.O=C(CN1CCC(N(Cc2ccc(Cl)cc2)C2CC2)CC1)Nc1ccc(F)cc1.O=C(CN1CCC(N(Cc2cccc(Cl)c2)C2CC2)CC1)Nc1ccc(F)cc1.O=C(CN1CCC(N(Cc2ccccc2)C2CC2)CC1)Nc1ccc(F)cc1. The number of hydrogen-bond donors (Lipinski definition) is 4. The first-order chi connectivity index (χ1) is 54.8. The third-order valence-corrected chi connectivity index (χ3v) is 23.0. The lowest BCUT2D eigenvalue weighted by molar-refractivity contribution is -0.118. The van der Waals surface area contributed by atoms with E-state index < -0.39 is 0 Å². The lowest BCUT2D eigenvalue weighted by Gasteiger charge is -2.38. The number of halogens is 6. The molecule has 0 atom stereocenters. The number of carbonyl (C=O) groups is 4. The molecule has 7 fully saturated rings. The lowest BCUT2D eigenvalue weighted by atomic mass is 10.0. The molecule has 0 unspecified atom stereocenters. The molecule has 4 aliphatic heterocycles. The van der Waals surface area contributed by atoms with E-state index in [1.807, 2.05) is 24.3 Å². The number of nitrogens with one attached hydrogen (secondary N) is 4. The fourth-order valence-corrected chi connectivity index (χ4v) is 16.4. The van der Waals surface area contributed by atoms with Crippen LogP contribution < -0.4 is 21.3 Å². The molecule has 0 aromatic heterocycles. The molecule has 4 saturated heterocycles. The molecule has 0 bridgehead atoms. The Morgan fingerprint density at radius 1 is 0.319 bits per heavy atom. The summed E-state index contributed by atoms with van der Waals surface area (Å²) in [5.41, 5.74) is 9.14. The molecular formula is C91H110Cl2F4N12O4. The summed E-state index contributed by atoms with van der Waals surface area (Å²) >= 11 is 12.2. The van der Waals surface area contributed by atoms with Gasteiger partial charge in [-0.3, -0.25) is 58.4 Å². The molecule has 3 saturated carbocycles. The number of carbonyl (C=O) groups excluding carboxylic acids is 4. The first kappa shape index (κ1) is 84.0. The van der Waals surface area contributed by atoms with Gasteiger partial charge in [-0.15, -0.1) is 0 Å².